The Bertz CT molecular complexity index is 978. The van der Waals surface area contributed by atoms with E-state index in [1.54, 1.807) is 0 Å². The number of nitrogens with zero attached hydrogens (tertiary/aromatic N) is 2. The van der Waals surface area contributed by atoms with Gasteiger partial charge in [0.25, 0.3) is 0 Å². The van der Waals surface area contributed by atoms with Crippen LogP contribution in [-0.4, -0.2) is 35.7 Å². The van der Waals surface area contributed by atoms with Crippen LogP contribution < -0.4 is 5.32 Å². The molecule has 0 bridgehead atoms. The molecule has 0 unspecified atom stereocenters. The van der Waals surface area contributed by atoms with Gasteiger partial charge < -0.3 is 14.6 Å². The average Bonchev–Trinajstić information content (AvgIpc) is 3.01. The molecule has 5 nitrogen and oxygen atoms in total. The first-order valence-corrected chi connectivity index (χ1v) is 9.68. The molecule has 5 heteroatoms. The lowest BCUT2D eigenvalue weighted by molar-refractivity contribution is -0.124. The number of nitrogens with one attached hydrogen (secondary N) is 1. The highest BCUT2D eigenvalue weighted by atomic mass is 16.5. The zero-order valence-electron chi connectivity index (χ0n) is 17.4. The molecule has 0 atom stereocenters. The van der Waals surface area contributed by atoms with Crippen molar-refractivity contribution in [3.05, 3.63) is 64.0 Å². The monoisotopic (exact) mass is 379 g/mol. The van der Waals surface area contributed by atoms with Gasteiger partial charge in [-0.05, 0) is 67.6 Å². The van der Waals surface area contributed by atoms with Gasteiger partial charge in [-0.25, -0.2) is 4.98 Å². The maximum absolute atomic E-state index is 11.7. The molecule has 1 amide bonds. The SMILES string of the molecule is COCC(=O)NCCc1nc2ccccc2n1Cc1c(C)c(C)cc(C)c1C. The highest BCUT2D eigenvalue weighted by Gasteiger charge is 2.15. The smallest absolute Gasteiger partial charge is 0.245 e. The van der Waals surface area contributed by atoms with Crippen LogP contribution in [0.5, 0.6) is 0 Å². The van der Waals surface area contributed by atoms with E-state index in [1.807, 2.05) is 18.2 Å². The molecule has 0 aliphatic heterocycles. The second kappa shape index (κ2) is 8.57. The standard InChI is InChI=1S/C23H29N3O2/c1-15-12-16(2)18(4)19(17(15)3)13-26-21-9-7-6-8-20(21)25-22(26)10-11-24-23(27)14-28-5/h6-9,12H,10-11,13-14H2,1-5H3,(H,24,27). The summed E-state index contributed by atoms with van der Waals surface area (Å²) in [6.07, 6.45) is 0.674. The Balaban J connectivity index is 1.95. The summed E-state index contributed by atoms with van der Waals surface area (Å²) in [5.41, 5.74) is 8.76. The number of fused-ring (bicyclic) bond motifs is 1. The lowest BCUT2D eigenvalue weighted by atomic mass is 9.94. The van der Waals surface area contributed by atoms with Crippen LogP contribution in [0.3, 0.4) is 0 Å². The molecular formula is C23H29N3O2. The Hall–Kier alpha value is -2.66. The number of aromatic nitrogens is 2. The number of methoxy groups -OCH3 is 1. The molecule has 3 aromatic rings. The van der Waals surface area contributed by atoms with E-state index in [4.69, 9.17) is 9.72 Å². The fraction of sp³-hybridized carbons (Fsp3) is 0.391. The Kier molecular flexibility index (Phi) is 6.15. The Morgan fingerprint density at radius 1 is 1.11 bits per heavy atom. The van der Waals surface area contributed by atoms with Gasteiger partial charge in [-0.1, -0.05) is 18.2 Å². The molecular weight excluding hydrogens is 350 g/mol. The van der Waals surface area contributed by atoms with E-state index in [2.05, 4.69) is 49.7 Å². The third-order valence-electron chi connectivity index (χ3n) is 5.52. The number of imidazole rings is 1. The fourth-order valence-corrected chi connectivity index (χ4v) is 3.68. The number of hydrogen-bond donors (Lipinski definition) is 1. The molecule has 0 aliphatic rings. The van der Waals surface area contributed by atoms with Crippen molar-refractivity contribution in [1.82, 2.24) is 14.9 Å². The number of para-hydroxylation sites is 2. The molecule has 0 spiro atoms. The molecule has 28 heavy (non-hydrogen) atoms. The maximum atomic E-state index is 11.7. The number of amides is 1. The molecule has 0 fully saturated rings. The van der Waals surface area contributed by atoms with Gasteiger partial charge in [-0.3, -0.25) is 4.79 Å². The molecule has 2 aromatic carbocycles. The number of rotatable bonds is 7. The van der Waals surface area contributed by atoms with Crippen LogP contribution in [0.25, 0.3) is 11.0 Å². The van der Waals surface area contributed by atoms with Crippen molar-refractivity contribution in [1.29, 1.82) is 0 Å². The topological polar surface area (TPSA) is 56.1 Å². The highest BCUT2D eigenvalue weighted by Crippen LogP contribution is 2.25. The zero-order valence-corrected chi connectivity index (χ0v) is 17.4. The number of carbonyl (C=O) groups is 1. The van der Waals surface area contributed by atoms with Crippen molar-refractivity contribution in [2.45, 2.75) is 40.7 Å². The normalized spacial score (nSPS) is 11.2. The van der Waals surface area contributed by atoms with Gasteiger partial charge in [0.1, 0.15) is 12.4 Å². The first kappa shape index (κ1) is 20.1. The van der Waals surface area contributed by atoms with Crippen molar-refractivity contribution >= 4 is 16.9 Å². The van der Waals surface area contributed by atoms with Gasteiger partial charge in [0.2, 0.25) is 5.91 Å². The molecule has 0 radical (unpaired) electrons. The summed E-state index contributed by atoms with van der Waals surface area (Å²) in [5, 5.41) is 2.89. The van der Waals surface area contributed by atoms with E-state index in [1.165, 1.54) is 34.9 Å². The molecule has 1 aromatic heterocycles. The van der Waals surface area contributed by atoms with Crippen molar-refractivity contribution in [3.8, 4) is 0 Å². The summed E-state index contributed by atoms with van der Waals surface area (Å²) in [6, 6.07) is 10.5. The predicted molar refractivity (Wildman–Crippen MR) is 113 cm³/mol. The van der Waals surface area contributed by atoms with Crippen LogP contribution in [0, 0.1) is 27.7 Å². The Morgan fingerprint density at radius 3 is 2.46 bits per heavy atom. The second-order valence-corrected chi connectivity index (χ2v) is 7.37. The predicted octanol–water partition coefficient (Wildman–Crippen LogP) is 3.62. The van der Waals surface area contributed by atoms with Crippen LogP contribution in [0.2, 0.25) is 0 Å². The van der Waals surface area contributed by atoms with Crippen LogP contribution in [-0.2, 0) is 22.5 Å². The molecule has 0 aliphatic carbocycles. The molecule has 0 saturated carbocycles. The minimum absolute atomic E-state index is 0.0807. The van der Waals surface area contributed by atoms with Crippen molar-refractivity contribution < 1.29 is 9.53 Å². The Labute approximate surface area is 166 Å². The summed E-state index contributed by atoms with van der Waals surface area (Å²) in [7, 11) is 1.52. The maximum Gasteiger partial charge on any atom is 0.245 e. The number of aryl methyl sites for hydroxylation is 2. The van der Waals surface area contributed by atoms with Gasteiger partial charge in [-0.2, -0.15) is 0 Å². The van der Waals surface area contributed by atoms with Crippen molar-refractivity contribution in [2.24, 2.45) is 0 Å². The summed E-state index contributed by atoms with van der Waals surface area (Å²) in [6.45, 7) is 10.1. The largest absolute Gasteiger partial charge is 0.375 e. The van der Waals surface area contributed by atoms with Gasteiger partial charge in [-0.15, -0.1) is 0 Å². The second-order valence-electron chi connectivity index (χ2n) is 7.37. The first-order valence-electron chi connectivity index (χ1n) is 9.68. The summed E-state index contributed by atoms with van der Waals surface area (Å²) in [5.74, 6) is 0.878. The third kappa shape index (κ3) is 4.09. The van der Waals surface area contributed by atoms with E-state index in [0.717, 1.165) is 23.4 Å². The third-order valence-corrected chi connectivity index (χ3v) is 5.52. The lowest BCUT2D eigenvalue weighted by Gasteiger charge is -2.18. The van der Waals surface area contributed by atoms with E-state index >= 15 is 0 Å². The van der Waals surface area contributed by atoms with Crippen LogP contribution in [0.15, 0.2) is 30.3 Å². The minimum atomic E-state index is -0.105. The number of carbonyl (C=O) groups excluding carboxylic acids is 1. The van der Waals surface area contributed by atoms with E-state index in [0.29, 0.717) is 13.0 Å². The number of ether oxygens (including phenoxy) is 1. The van der Waals surface area contributed by atoms with Crippen LogP contribution in [0.1, 0.15) is 33.6 Å². The molecule has 1 heterocycles. The molecule has 1 N–H and O–H groups in total. The zero-order chi connectivity index (χ0) is 20.3. The number of benzene rings is 2. The highest BCUT2D eigenvalue weighted by molar-refractivity contribution is 5.77. The van der Waals surface area contributed by atoms with E-state index in [-0.39, 0.29) is 12.5 Å². The van der Waals surface area contributed by atoms with Gasteiger partial charge in [0.05, 0.1) is 11.0 Å². The molecule has 148 valence electrons. The summed E-state index contributed by atoms with van der Waals surface area (Å²) < 4.78 is 7.16. The van der Waals surface area contributed by atoms with Crippen molar-refractivity contribution in [2.75, 3.05) is 20.3 Å². The molecule has 3 rings (SSSR count). The van der Waals surface area contributed by atoms with Crippen molar-refractivity contribution in [3.63, 3.8) is 0 Å². The quantitative estimate of drug-likeness (QED) is 0.682. The summed E-state index contributed by atoms with van der Waals surface area (Å²) >= 11 is 0. The van der Waals surface area contributed by atoms with Crippen LogP contribution >= 0.6 is 0 Å². The van der Waals surface area contributed by atoms with E-state index < -0.39 is 0 Å². The van der Waals surface area contributed by atoms with Gasteiger partial charge >= 0.3 is 0 Å². The summed E-state index contributed by atoms with van der Waals surface area (Å²) in [4.78, 5) is 16.5. The fourth-order valence-electron chi connectivity index (χ4n) is 3.68. The first-order chi connectivity index (χ1) is 13.4. The molecule has 0 saturated heterocycles. The minimum Gasteiger partial charge on any atom is -0.375 e. The van der Waals surface area contributed by atoms with Crippen LogP contribution in [0.4, 0.5) is 0 Å². The van der Waals surface area contributed by atoms with E-state index in [9.17, 15) is 4.79 Å². The average molecular weight is 380 g/mol. The van der Waals surface area contributed by atoms with Gasteiger partial charge in [0.15, 0.2) is 0 Å². The Morgan fingerprint density at radius 2 is 1.79 bits per heavy atom. The number of hydrogen-bond acceptors (Lipinski definition) is 3. The van der Waals surface area contributed by atoms with Gasteiger partial charge in [0, 0.05) is 26.6 Å². The lowest BCUT2D eigenvalue weighted by Crippen LogP contribution is -2.29.